The van der Waals surface area contributed by atoms with Gasteiger partial charge in [-0.2, -0.15) is 18.2 Å². The van der Waals surface area contributed by atoms with E-state index in [4.69, 9.17) is 4.74 Å². The van der Waals surface area contributed by atoms with Crippen molar-refractivity contribution in [1.82, 2.24) is 9.55 Å². The highest BCUT2D eigenvalue weighted by atomic mass is 19.4. The number of hydrogen-bond donors (Lipinski definition) is 0. The van der Waals surface area contributed by atoms with Gasteiger partial charge in [0.15, 0.2) is 5.54 Å². The predicted octanol–water partition coefficient (Wildman–Crippen LogP) is 3.12. The fraction of sp³-hybridized carbons (Fsp3) is 0.500. The standard InChI is InChI=1S/C20H22F4N4O2/c1-13(14-5-3-4-6-15(14)21)28-18-25-16(26-7-9-30-10-8-26)11-17(29)27(18)12-19(28,2)20(22,23)24/h3-6,11,13H,7-10,12H2,1-2H3/t13?,19-/m0/s1. The zero-order chi connectivity index (χ0) is 21.7. The average molecular weight is 426 g/mol. The third kappa shape index (κ3) is 3.23. The Balaban J connectivity index is 1.87. The second-order valence-corrected chi connectivity index (χ2v) is 7.78. The third-order valence-electron chi connectivity index (χ3n) is 5.88. The minimum atomic E-state index is -4.67. The summed E-state index contributed by atoms with van der Waals surface area (Å²) in [6, 6.07) is 5.95. The van der Waals surface area contributed by atoms with Crippen molar-refractivity contribution < 1.29 is 22.3 Å². The molecular formula is C20H22F4N4O2. The molecule has 0 bridgehead atoms. The van der Waals surface area contributed by atoms with E-state index in [1.807, 2.05) is 0 Å². The number of hydrogen-bond acceptors (Lipinski definition) is 5. The molecule has 2 aliphatic rings. The Kier molecular flexibility index (Phi) is 5.00. The Bertz CT molecular complexity index is 1000. The van der Waals surface area contributed by atoms with Gasteiger partial charge >= 0.3 is 6.18 Å². The van der Waals surface area contributed by atoms with Gasteiger partial charge in [-0.25, -0.2) is 4.39 Å². The number of benzene rings is 1. The summed E-state index contributed by atoms with van der Waals surface area (Å²) in [5.41, 5.74) is -2.88. The van der Waals surface area contributed by atoms with Crippen molar-refractivity contribution >= 4 is 11.8 Å². The topological polar surface area (TPSA) is 50.6 Å². The summed E-state index contributed by atoms with van der Waals surface area (Å²) < 4.78 is 63.4. The number of morpholine rings is 1. The average Bonchev–Trinajstić information content (AvgIpc) is 3.02. The molecule has 2 atom stereocenters. The Morgan fingerprint density at radius 1 is 1.20 bits per heavy atom. The number of nitrogens with zero attached hydrogens (tertiary/aromatic N) is 4. The number of alkyl halides is 3. The largest absolute Gasteiger partial charge is 0.413 e. The molecule has 2 aliphatic heterocycles. The summed E-state index contributed by atoms with van der Waals surface area (Å²) >= 11 is 0. The van der Waals surface area contributed by atoms with Crippen LogP contribution in [0.4, 0.5) is 29.3 Å². The van der Waals surface area contributed by atoms with Crippen LogP contribution in [0.1, 0.15) is 25.5 Å². The van der Waals surface area contributed by atoms with Crippen LogP contribution in [-0.2, 0) is 11.3 Å². The quantitative estimate of drug-likeness (QED) is 0.706. The first kappa shape index (κ1) is 20.6. The van der Waals surface area contributed by atoms with Crippen LogP contribution in [0, 0.1) is 5.82 Å². The molecule has 6 nitrogen and oxygen atoms in total. The first-order valence-electron chi connectivity index (χ1n) is 9.68. The summed E-state index contributed by atoms with van der Waals surface area (Å²) in [5.74, 6) is -0.425. The molecule has 1 aromatic carbocycles. The van der Waals surface area contributed by atoms with Crippen LogP contribution < -0.4 is 15.4 Å². The number of aromatic nitrogens is 2. The maximum Gasteiger partial charge on any atom is 0.413 e. The lowest BCUT2D eigenvalue weighted by molar-refractivity contribution is -0.183. The Morgan fingerprint density at radius 2 is 1.87 bits per heavy atom. The van der Waals surface area contributed by atoms with Gasteiger partial charge in [0.2, 0.25) is 5.95 Å². The van der Waals surface area contributed by atoms with Crippen LogP contribution in [0.2, 0.25) is 0 Å². The molecule has 1 saturated heterocycles. The molecule has 0 aliphatic carbocycles. The van der Waals surface area contributed by atoms with E-state index in [1.165, 1.54) is 31.2 Å². The van der Waals surface area contributed by atoms with Crippen molar-refractivity contribution in [2.24, 2.45) is 0 Å². The van der Waals surface area contributed by atoms with Crippen molar-refractivity contribution in [3.8, 4) is 0 Å². The molecule has 3 heterocycles. The number of rotatable bonds is 3. The Labute approximate surface area is 170 Å². The zero-order valence-corrected chi connectivity index (χ0v) is 16.6. The molecule has 1 fully saturated rings. The second kappa shape index (κ2) is 7.26. The first-order valence-corrected chi connectivity index (χ1v) is 9.68. The fourth-order valence-corrected chi connectivity index (χ4v) is 4.15. The highest BCUT2D eigenvalue weighted by Crippen LogP contribution is 2.47. The molecule has 4 rings (SSSR count). The molecule has 1 unspecified atom stereocenters. The maximum atomic E-state index is 14.4. The maximum absolute atomic E-state index is 14.4. The van der Waals surface area contributed by atoms with Crippen molar-refractivity contribution in [2.45, 2.75) is 38.1 Å². The SMILES string of the molecule is CC(c1ccccc1F)N1c2nc(N3CCOCC3)cc(=O)n2C[C@@]1(C)C(F)(F)F. The number of fused-ring (bicyclic) bond motifs is 1. The molecular weight excluding hydrogens is 404 g/mol. The van der Waals surface area contributed by atoms with Gasteiger partial charge < -0.3 is 14.5 Å². The minimum Gasteiger partial charge on any atom is -0.378 e. The Morgan fingerprint density at radius 3 is 2.50 bits per heavy atom. The lowest BCUT2D eigenvalue weighted by Crippen LogP contribution is -2.56. The van der Waals surface area contributed by atoms with E-state index in [1.54, 1.807) is 11.0 Å². The van der Waals surface area contributed by atoms with E-state index in [0.29, 0.717) is 32.1 Å². The van der Waals surface area contributed by atoms with Gasteiger partial charge in [-0.15, -0.1) is 0 Å². The summed E-state index contributed by atoms with van der Waals surface area (Å²) in [6.07, 6.45) is -4.67. The van der Waals surface area contributed by atoms with Gasteiger partial charge in [0, 0.05) is 24.7 Å². The highest BCUT2D eigenvalue weighted by molar-refractivity contribution is 5.52. The predicted molar refractivity (Wildman–Crippen MR) is 103 cm³/mol. The second-order valence-electron chi connectivity index (χ2n) is 7.78. The van der Waals surface area contributed by atoms with Crippen molar-refractivity contribution in [1.29, 1.82) is 0 Å². The van der Waals surface area contributed by atoms with Gasteiger partial charge in [0.25, 0.3) is 5.56 Å². The lowest BCUT2D eigenvalue weighted by Gasteiger charge is -2.40. The van der Waals surface area contributed by atoms with Crippen molar-refractivity contribution in [2.75, 3.05) is 36.1 Å². The highest BCUT2D eigenvalue weighted by Gasteiger charge is 2.61. The van der Waals surface area contributed by atoms with Gasteiger partial charge in [0.1, 0.15) is 11.6 Å². The van der Waals surface area contributed by atoms with Crippen LogP contribution >= 0.6 is 0 Å². The minimum absolute atomic E-state index is 0.104. The molecule has 0 radical (unpaired) electrons. The van der Waals surface area contributed by atoms with E-state index in [-0.39, 0.29) is 11.5 Å². The van der Waals surface area contributed by atoms with Crippen LogP contribution in [0.3, 0.4) is 0 Å². The molecule has 10 heteroatoms. The van der Waals surface area contributed by atoms with Gasteiger partial charge in [-0.3, -0.25) is 9.36 Å². The van der Waals surface area contributed by atoms with E-state index in [2.05, 4.69) is 4.98 Å². The molecule has 0 amide bonds. The number of ether oxygens (including phenoxy) is 1. The third-order valence-corrected chi connectivity index (χ3v) is 5.88. The number of anilines is 2. The van der Waals surface area contributed by atoms with Crippen molar-refractivity contribution in [3.63, 3.8) is 0 Å². The molecule has 0 spiro atoms. The summed E-state index contributed by atoms with van der Waals surface area (Å²) in [4.78, 5) is 20.0. The monoisotopic (exact) mass is 426 g/mol. The van der Waals surface area contributed by atoms with Crippen molar-refractivity contribution in [3.05, 3.63) is 52.1 Å². The molecule has 0 N–H and O–H groups in total. The smallest absolute Gasteiger partial charge is 0.378 e. The van der Waals surface area contributed by atoms with Gasteiger partial charge in [0.05, 0.1) is 25.8 Å². The van der Waals surface area contributed by atoms with Gasteiger partial charge in [-0.05, 0) is 19.9 Å². The molecule has 162 valence electrons. The van der Waals surface area contributed by atoms with Crippen LogP contribution in [-0.4, -0.2) is 47.6 Å². The number of halogens is 4. The van der Waals surface area contributed by atoms with Crippen LogP contribution in [0.5, 0.6) is 0 Å². The molecule has 1 aromatic heterocycles. The summed E-state index contributed by atoms with van der Waals surface area (Å²) in [7, 11) is 0. The van der Waals surface area contributed by atoms with E-state index >= 15 is 0 Å². The van der Waals surface area contributed by atoms with E-state index < -0.39 is 35.7 Å². The van der Waals surface area contributed by atoms with Crippen LogP contribution in [0.25, 0.3) is 0 Å². The molecule has 0 saturated carbocycles. The van der Waals surface area contributed by atoms with E-state index in [9.17, 15) is 22.4 Å². The zero-order valence-electron chi connectivity index (χ0n) is 16.6. The summed E-state index contributed by atoms with van der Waals surface area (Å²) in [6.45, 7) is 3.74. The first-order chi connectivity index (χ1) is 14.1. The Hall–Kier alpha value is -2.62. The van der Waals surface area contributed by atoms with Crippen LogP contribution in [0.15, 0.2) is 35.1 Å². The molecule has 30 heavy (non-hydrogen) atoms. The van der Waals surface area contributed by atoms with E-state index in [0.717, 1.165) is 16.4 Å². The normalized spacial score (nSPS) is 22.9. The van der Waals surface area contributed by atoms with Gasteiger partial charge in [-0.1, -0.05) is 18.2 Å². The molecule has 2 aromatic rings. The lowest BCUT2D eigenvalue weighted by atomic mass is 9.96. The fourth-order valence-electron chi connectivity index (χ4n) is 4.15. The summed E-state index contributed by atoms with van der Waals surface area (Å²) in [5, 5.41) is 0.